The van der Waals surface area contributed by atoms with Gasteiger partial charge in [0.25, 0.3) is 0 Å². The predicted octanol–water partition coefficient (Wildman–Crippen LogP) is 3.15. The summed E-state index contributed by atoms with van der Waals surface area (Å²) < 4.78 is 1.60. The lowest BCUT2D eigenvalue weighted by Crippen LogP contribution is -1.96. The first-order chi connectivity index (χ1) is 11.7. The summed E-state index contributed by atoms with van der Waals surface area (Å²) in [5, 5.41) is 21.9. The predicted molar refractivity (Wildman–Crippen MR) is 92.4 cm³/mol. The largest absolute Gasteiger partial charge is 0.478 e. The van der Waals surface area contributed by atoms with Gasteiger partial charge in [0.2, 0.25) is 5.16 Å². The van der Waals surface area contributed by atoms with Gasteiger partial charge in [-0.25, -0.2) is 4.79 Å². The van der Waals surface area contributed by atoms with Crippen molar-refractivity contribution in [3.05, 3.63) is 77.6 Å². The Morgan fingerprint density at radius 3 is 2.62 bits per heavy atom. The zero-order chi connectivity index (χ0) is 16.8. The second-order valence-corrected chi connectivity index (χ2v) is 5.85. The van der Waals surface area contributed by atoms with Crippen LogP contribution in [0, 0.1) is 0 Å². The molecular formula is C17H14N4O2S. The molecule has 6 nitrogen and oxygen atoms in total. The Labute approximate surface area is 142 Å². The van der Waals surface area contributed by atoms with Crippen LogP contribution < -0.4 is 0 Å². The Balaban J connectivity index is 1.67. The maximum absolute atomic E-state index is 10.8. The highest BCUT2D eigenvalue weighted by Crippen LogP contribution is 2.20. The molecule has 2 aromatic carbocycles. The molecule has 120 valence electrons. The van der Waals surface area contributed by atoms with Crippen molar-refractivity contribution in [2.24, 2.45) is 5.10 Å². The molecule has 0 spiro atoms. The minimum absolute atomic E-state index is 0.246. The second kappa shape index (κ2) is 7.56. The molecule has 1 N–H and O–H groups in total. The molecule has 0 bridgehead atoms. The minimum Gasteiger partial charge on any atom is -0.478 e. The Morgan fingerprint density at radius 1 is 1.17 bits per heavy atom. The van der Waals surface area contributed by atoms with Crippen LogP contribution in [0.5, 0.6) is 0 Å². The van der Waals surface area contributed by atoms with Crippen molar-refractivity contribution in [3.63, 3.8) is 0 Å². The van der Waals surface area contributed by atoms with E-state index in [0.717, 1.165) is 11.3 Å². The number of carbonyl (C=O) groups is 1. The summed E-state index contributed by atoms with van der Waals surface area (Å²) in [5.74, 6) is -0.167. The molecule has 1 aromatic heterocycles. The molecule has 24 heavy (non-hydrogen) atoms. The van der Waals surface area contributed by atoms with Gasteiger partial charge in [0.15, 0.2) is 0 Å². The Bertz CT molecular complexity index is 845. The normalized spacial score (nSPS) is 11.0. The van der Waals surface area contributed by atoms with E-state index in [-0.39, 0.29) is 5.56 Å². The van der Waals surface area contributed by atoms with Crippen molar-refractivity contribution in [2.75, 3.05) is 0 Å². The quantitative estimate of drug-likeness (QED) is 0.551. The molecule has 0 aliphatic heterocycles. The monoisotopic (exact) mass is 338 g/mol. The number of hydrogen-bond donors (Lipinski definition) is 1. The first-order valence-corrected chi connectivity index (χ1v) is 8.15. The minimum atomic E-state index is -0.947. The second-order valence-electron chi connectivity index (χ2n) is 4.90. The SMILES string of the molecule is O=C(O)c1ccc(C=Nn2cnnc2SCc2ccccc2)cc1. The van der Waals surface area contributed by atoms with Crippen LogP contribution in [0.1, 0.15) is 21.5 Å². The van der Waals surface area contributed by atoms with E-state index in [1.54, 1.807) is 46.9 Å². The van der Waals surface area contributed by atoms with E-state index in [1.807, 2.05) is 18.2 Å². The lowest BCUT2D eigenvalue weighted by Gasteiger charge is -2.01. The lowest BCUT2D eigenvalue weighted by molar-refractivity contribution is 0.0697. The van der Waals surface area contributed by atoms with E-state index in [2.05, 4.69) is 27.4 Å². The fraction of sp³-hybridized carbons (Fsp3) is 0.0588. The summed E-state index contributed by atoms with van der Waals surface area (Å²) in [6.45, 7) is 0. The van der Waals surface area contributed by atoms with Crippen molar-refractivity contribution in [1.29, 1.82) is 0 Å². The first-order valence-electron chi connectivity index (χ1n) is 7.17. The van der Waals surface area contributed by atoms with Crippen LogP contribution >= 0.6 is 11.8 Å². The van der Waals surface area contributed by atoms with Crippen LogP contribution in [0.3, 0.4) is 0 Å². The van der Waals surface area contributed by atoms with Crippen LogP contribution in [0.2, 0.25) is 0 Å². The number of rotatable bonds is 6. The molecule has 0 aliphatic carbocycles. The van der Waals surface area contributed by atoms with Crippen LogP contribution in [0.25, 0.3) is 0 Å². The third-order valence-corrected chi connectivity index (χ3v) is 4.20. The molecule has 7 heteroatoms. The molecule has 0 amide bonds. The van der Waals surface area contributed by atoms with E-state index in [1.165, 1.54) is 11.9 Å². The average molecular weight is 338 g/mol. The molecule has 0 fully saturated rings. The van der Waals surface area contributed by atoms with Gasteiger partial charge in [0, 0.05) is 5.75 Å². The summed E-state index contributed by atoms with van der Waals surface area (Å²) in [6.07, 6.45) is 3.18. The van der Waals surface area contributed by atoms with Crippen LogP contribution in [0.4, 0.5) is 0 Å². The van der Waals surface area contributed by atoms with Crippen molar-refractivity contribution in [2.45, 2.75) is 10.9 Å². The summed E-state index contributed by atoms with van der Waals surface area (Å²) in [6, 6.07) is 16.6. The van der Waals surface area contributed by atoms with E-state index in [4.69, 9.17) is 5.11 Å². The Morgan fingerprint density at radius 2 is 1.92 bits per heavy atom. The average Bonchev–Trinajstić information content (AvgIpc) is 3.07. The molecule has 3 aromatic rings. The zero-order valence-corrected chi connectivity index (χ0v) is 13.4. The van der Waals surface area contributed by atoms with Gasteiger partial charge in [0.1, 0.15) is 6.33 Å². The molecule has 0 atom stereocenters. The van der Waals surface area contributed by atoms with Gasteiger partial charge in [-0.1, -0.05) is 54.2 Å². The van der Waals surface area contributed by atoms with Crippen molar-refractivity contribution >= 4 is 23.9 Å². The number of aromatic carboxylic acids is 1. The topological polar surface area (TPSA) is 80.4 Å². The summed E-state index contributed by atoms with van der Waals surface area (Å²) >= 11 is 1.55. The number of benzene rings is 2. The molecular weight excluding hydrogens is 324 g/mol. The molecule has 1 heterocycles. The van der Waals surface area contributed by atoms with Gasteiger partial charge in [-0.3, -0.25) is 0 Å². The molecule has 0 aliphatic rings. The lowest BCUT2D eigenvalue weighted by atomic mass is 10.1. The third-order valence-electron chi connectivity index (χ3n) is 3.20. The van der Waals surface area contributed by atoms with Crippen molar-refractivity contribution < 1.29 is 9.90 Å². The van der Waals surface area contributed by atoms with E-state index < -0.39 is 5.97 Å². The molecule has 0 unspecified atom stereocenters. The van der Waals surface area contributed by atoms with Gasteiger partial charge < -0.3 is 5.11 Å². The Kier molecular flexibility index (Phi) is 5.02. The number of hydrogen-bond acceptors (Lipinski definition) is 5. The van der Waals surface area contributed by atoms with Crippen LogP contribution in [-0.4, -0.2) is 32.2 Å². The van der Waals surface area contributed by atoms with Crippen molar-refractivity contribution in [1.82, 2.24) is 14.9 Å². The summed E-state index contributed by atoms with van der Waals surface area (Å²) in [4.78, 5) is 10.8. The van der Waals surface area contributed by atoms with Crippen molar-refractivity contribution in [3.8, 4) is 0 Å². The standard InChI is InChI=1S/C17H14N4O2S/c22-16(23)15-8-6-13(7-9-15)10-19-21-12-18-20-17(21)24-11-14-4-2-1-3-5-14/h1-10,12H,11H2,(H,22,23). The van der Waals surface area contributed by atoms with Gasteiger partial charge in [-0.15, -0.1) is 10.2 Å². The third kappa shape index (κ3) is 4.08. The molecule has 3 rings (SSSR count). The molecule has 0 radical (unpaired) electrons. The number of carboxylic acid groups (broad SMARTS) is 1. The van der Waals surface area contributed by atoms with Gasteiger partial charge in [0.05, 0.1) is 11.8 Å². The van der Waals surface area contributed by atoms with Crippen LogP contribution in [-0.2, 0) is 5.75 Å². The van der Waals surface area contributed by atoms with Gasteiger partial charge in [-0.05, 0) is 23.3 Å². The number of nitrogens with zero attached hydrogens (tertiary/aromatic N) is 4. The highest BCUT2D eigenvalue weighted by atomic mass is 32.2. The highest BCUT2D eigenvalue weighted by molar-refractivity contribution is 7.98. The zero-order valence-electron chi connectivity index (χ0n) is 12.6. The molecule has 0 saturated heterocycles. The van der Waals surface area contributed by atoms with E-state index in [0.29, 0.717) is 5.16 Å². The fourth-order valence-electron chi connectivity index (χ4n) is 1.96. The maximum atomic E-state index is 10.8. The van der Waals surface area contributed by atoms with Gasteiger partial charge >= 0.3 is 5.97 Å². The highest BCUT2D eigenvalue weighted by Gasteiger charge is 2.05. The number of aromatic nitrogens is 3. The first kappa shape index (κ1) is 15.9. The maximum Gasteiger partial charge on any atom is 0.335 e. The Hall–Kier alpha value is -2.93. The summed E-state index contributed by atoms with van der Waals surface area (Å²) in [7, 11) is 0. The number of thioether (sulfide) groups is 1. The van der Waals surface area contributed by atoms with E-state index in [9.17, 15) is 4.79 Å². The summed E-state index contributed by atoms with van der Waals surface area (Å²) in [5.41, 5.74) is 2.24. The fourth-order valence-corrected chi connectivity index (χ4v) is 2.78. The van der Waals surface area contributed by atoms with Crippen LogP contribution in [0.15, 0.2) is 71.2 Å². The van der Waals surface area contributed by atoms with Gasteiger partial charge in [-0.2, -0.15) is 9.78 Å². The number of carboxylic acids is 1. The van der Waals surface area contributed by atoms with E-state index >= 15 is 0 Å². The smallest absolute Gasteiger partial charge is 0.335 e. The molecule has 0 saturated carbocycles.